The first-order valence-corrected chi connectivity index (χ1v) is 7.44. The van der Waals surface area contributed by atoms with Gasteiger partial charge < -0.3 is 5.11 Å². The van der Waals surface area contributed by atoms with E-state index in [4.69, 9.17) is 5.11 Å². The molecule has 3 nitrogen and oxygen atoms in total. The minimum atomic E-state index is -0.947. The number of rotatable bonds is 2. The number of carbonyl (C=O) groups excluding carboxylic acids is 1. The highest BCUT2D eigenvalue weighted by molar-refractivity contribution is 5.87. The maximum Gasteiger partial charge on any atom is 0.335 e. The summed E-state index contributed by atoms with van der Waals surface area (Å²) in [6, 6.07) is 6.42. The zero-order chi connectivity index (χ0) is 16.2. The first-order chi connectivity index (χ1) is 10.4. The van der Waals surface area contributed by atoms with Gasteiger partial charge in [0.05, 0.1) is 5.56 Å². The molecule has 2 rings (SSSR count). The van der Waals surface area contributed by atoms with Gasteiger partial charge in [0.2, 0.25) is 0 Å². The van der Waals surface area contributed by atoms with Crippen molar-refractivity contribution >= 4 is 11.8 Å². The summed E-state index contributed by atoms with van der Waals surface area (Å²) in [5.41, 5.74) is 0.996. The van der Waals surface area contributed by atoms with Gasteiger partial charge in [0.1, 0.15) is 5.78 Å². The number of hydrogen-bond donors (Lipinski definition) is 1. The molecule has 0 saturated heterocycles. The van der Waals surface area contributed by atoms with Crippen LogP contribution in [0.2, 0.25) is 0 Å². The van der Waals surface area contributed by atoms with Crippen molar-refractivity contribution in [3.8, 4) is 11.8 Å². The van der Waals surface area contributed by atoms with Crippen molar-refractivity contribution in [1.82, 2.24) is 0 Å². The second-order valence-corrected chi connectivity index (χ2v) is 6.30. The monoisotopic (exact) mass is 296 g/mol. The molecule has 1 N–H and O–H groups in total. The second kappa shape index (κ2) is 6.62. The summed E-state index contributed by atoms with van der Waals surface area (Å²) in [5, 5.41) is 8.83. The Morgan fingerprint density at radius 1 is 1.32 bits per heavy atom. The fourth-order valence-electron chi connectivity index (χ4n) is 2.80. The number of carbonyl (C=O) groups is 2. The maximum absolute atomic E-state index is 12.0. The lowest BCUT2D eigenvalue weighted by Gasteiger charge is -2.35. The van der Waals surface area contributed by atoms with Crippen LogP contribution in [0.5, 0.6) is 0 Å². The second-order valence-electron chi connectivity index (χ2n) is 6.30. The Bertz CT molecular complexity index is 654. The topological polar surface area (TPSA) is 54.4 Å². The third-order valence-electron chi connectivity index (χ3n) is 4.15. The Labute approximate surface area is 131 Å². The van der Waals surface area contributed by atoms with E-state index in [1.807, 2.05) is 6.08 Å². The smallest absolute Gasteiger partial charge is 0.335 e. The van der Waals surface area contributed by atoms with Crippen LogP contribution < -0.4 is 0 Å². The van der Waals surface area contributed by atoms with Crippen LogP contribution in [0, 0.1) is 23.2 Å². The van der Waals surface area contributed by atoms with Gasteiger partial charge in [-0.3, -0.25) is 4.79 Å². The van der Waals surface area contributed by atoms with Crippen LogP contribution in [0.25, 0.3) is 0 Å². The quantitative estimate of drug-likeness (QED) is 0.847. The lowest BCUT2D eigenvalue weighted by Crippen LogP contribution is -2.33. The average molecular weight is 296 g/mol. The van der Waals surface area contributed by atoms with E-state index in [0.717, 1.165) is 18.4 Å². The third kappa shape index (κ3) is 3.85. The van der Waals surface area contributed by atoms with Gasteiger partial charge in [-0.05, 0) is 48.6 Å². The van der Waals surface area contributed by atoms with Crippen molar-refractivity contribution in [2.45, 2.75) is 33.1 Å². The number of aromatic carboxylic acids is 1. The molecule has 1 aliphatic rings. The van der Waals surface area contributed by atoms with Crippen LogP contribution in [0.4, 0.5) is 0 Å². The van der Waals surface area contributed by atoms with Gasteiger partial charge in [-0.2, -0.15) is 0 Å². The molecule has 0 radical (unpaired) electrons. The van der Waals surface area contributed by atoms with Crippen LogP contribution in [0.1, 0.15) is 49.0 Å². The Kier molecular flexibility index (Phi) is 4.82. The molecule has 1 aromatic rings. The minimum absolute atomic E-state index is 0.00332. The summed E-state index contributed by atoms with van der Waals surface area (Å²) in [5.74, 6) is 5.16. The summed E-state index contributed by atoms with van der Waals surface area (Å²) in [6.45, 7) is 4.24. The minimum Gasteiger partial charge on any atom is -0.478 e. The summed E-state index contributed by atoms with van der Waals surface area (Å²) < 4.78 is 0. The van der Waals surface area contributed by atoms with Gasteiger partial charge in [-0.25, -0.2) is 4.79 Å². The fraction of sp³-hybridized carbons (Fsp3) is 0.368. The number of carboxylic acid groups (broad SMARTS) is 1. The van der Waals surface area contributed by atoms with Crippen molar-refractivity contribution in [3.63, 3.8) is 0 Å². The molecule has 1 atom stereocenters. The van der Waals surface area contributed by atoms with Crippen LogP contribution in [0.3, 0.4) is 0 Å². The lowest BCUT2D eigenvalue weighted by molar-refractivity contribution is -0.127. The highest BCUT2D eigenvalue weighted by Gasteiger charge is 2.35. The number of hydrogen-bond acceptors (Lipinski definition) is 2. The zero-order valence-electron chi connectivity index (χ0n) is 12.9. The normalized spacial score (nSPS) is 20.5. The lowest BCUT2D eigenvalue weighted by atomic mass is 9.68. The number of Topliss-reactive ketones (excluding diaryl/α,β-unsaturated/α-hetero) is 1. The van der Waals surface area contributed by atoms with Gasteiger partial charge in [0.15, 0.2) is 0 Å². The zero-order valence-corrected chi connectivity index (χ0v) is 12.9. The summed E-state index contributed by atoms with van der Waals surface area (Å²) in [7, 11) is 0. The molecule has 1 aromatic carbocycles. The van der Waals surface area contributed by atoms with Gasteiger partial charge in [-0.1, -0.05) is 31.8 Å². The summed E-state index contributed by atoms with van der Waals surface area (Å²) >= 11 is 0. The molecule has 1 saturated carbocycles. The standard InChI is InChI=1S/C19H20O3/c1-19(2)13-5-8-17(20)16(19)7-4-3-6-14-9-11-15(12-10-14)18(21)22/h4,7,9-12,16H,5,8,13H2,1-2H3,(H,21,22)/b7-4+. The van der Waals surface area contributed by atoms with Crippen molar-refractivity contribution in [3.05, 3.63) is 47.5 Å². The molecule has 3 heteroatoms. The summed E-state index contributed by atoms with van der Waals surface area (Å²) in [6.07, 6.45) is 6.32. The van der Waals surface area contributed by atoms with E-state index < -0.39 is 5.97 Å². The molecular formula is C19H20O3. The molecule has 1 fully saturated rings. The van der Waals surface area contributed by atoms with Crippen LogP contribution >= 0.6 is 0 Å². The SMILES string of the molecule is CC1(C)CCCC(=O)C1/C=C/C#Cc1ccc(C(=O)O)cc1. The van der Waals surface area contributed by atoms with Gasteiger partial charge in [0, 0.05) is 17.9 Å². The third-order valence-corrected chi connectivity index (χ3v) is 4.15. The Balaban J connectivity index is 2.06. The Morgan fingerprint density at radius 2 is 2.00 bits per heavy atom. The molecule has 1 unspecified atom stereocenters. The molecule has 1 aliphatic carbocycles. The predicted molar refractivity (Wildman–Crippen MR) is 85.5 cm³/mol. The maximum atomic E-state index is 12.0. The largest absolute Gasteiger partial charge is 0.478 e. The van der Waals surface area contributed by atoms with E-state index in [1.54, 1.807) is 18.2 Å². The van der Waals surface area contributed by atoms with Crippen molar-refractivity contribution in [2.75, 3.05) is 0 Å². The number of benzene rings is 1. The molecule has 0 aromatic heterocycles. The molecule has 22 heavy (non-hydrogen) atoms. The predicted octanol–water partition coefficient (Wildman–Crippen LogP) is 3.69. The molecule has 0 amide bonds. The highest BCUT2D eigenvalue weighted by Crippen LogP contribution is 2.39. The van der Waals surface area contributed by atoms with E-state index in [1.165, 1.54) is 12.1 Å². The summed E-state index contributed by atoms with van der Waals surface area (Å²) in [4.78, 5) is 22.8. The molecule has 0 bridgehead atoms. The van der Waals surface area contributed by atoms with Crippen molar-refractivity contribution < 1.29 is 14.7 Å². The molecular weight excluding hydrogens is 276 g/mol. The van der Waals surface area contributed by atoms with E-state index in [-0.39, 0.29) is 16.9 Å². The van der Waals surface area contributed by atoms with E-state index in [0.29, 0.717) is 12.2 Å². The van der Waals surface area contributed by atoms with Crippen LogP contribution in [-0.2, 0) is 4.79 Å². The van der Waals surface area contributed by atoms with E-state index in [2.05, 4.69) is 25.7 Å². The number of carboxylic acids is 1. The number of ketones is 1. The van der Waals surface area contributed by atoms with E-state index in [9.17, 15) is 9.59 Å². The van der Waals surface area contributed by atoms with Crippen LogP contribution in [-0.4, -0.2) is 16.9 Å². The van der Waals surface area contributed by atoms with Gasteiger partial charge in [0.25, 0.3) is 0 Å². The molecule has 0 spiro atoms. The van der Waals surface area contributed by atoms with Crippen molar-refractivity contribution in [1.29, 1.82) is 0 Å². The van der Waals surface area contributed by atoms with E-state index >= 15 is 0 Å². The molecule has 0 aliphatic heterocycles. The number of allylic oxidation sites excluding steroid dienone is 2. The Morgan fingerprint density at radius 3 is 2.59 bits per heavy atom. The first-order valence-electron chi connectivity index (χ1n) is 7.44. The van der Waals surface area contributed by atoms with Gasteiger partial charge in [-0.15, -0.1) is 0 Å². The highest BCUT2D eigenvalue weighted by atomic mass is 16.4. The van der Waals surface area contributed by atoms with Crippen molar-refractivity contribution in [2.24, 2.45) is 11.3 Å². The molecule has 114 valence electrons. The Hall–Kier alpha value is -2.34. The fourth-order valence-corrected chi connectivity index (χ4v) is 2.80. The first kappa shape index (κ1) is 16.0. The molecule has 0 heterocycles. The van der Waals surface area contributed by atoms with Crippen LogP contribution in [0.15, 0.2) is 36.4 Å². The average Bonchev–Trinajstić information content (AvgIpc) is 2.46. The van der Waals surface area contributed by atoms with Gasteiger partial charge >= 0.3 is 5.97 Å².